The summed E-state index contributed by atoms with van der Waals surface area (Å²) in [4.78, 5) is 38.1. The minimum Gasteiger partial charge on any atom is -0.355 e. The van der Waals surface area contributed by atoms with E-state index in [0.717, 1.165) is 11.1 Å². The van der Waals surface area contributed by atoms with Gasteiger partial charge in [0.2, 0.25) is 0 Å². The van der Waals surface area contributed by atoms with Gasteiger partial charge in [-0.15, -0.1) is 0 Å². The number of aryl methyl sites for hydroxylation is 1. The summed E-state index contributed by atoms with van der Waals surface area (Å²) in [6.45, 7) is 5.84. The van der Waals surface area contributed by atoms with Gasteiger partial charge in [-0.3, -0.25) is 4.79 Å². The van der Waals surface area contributed by atoms with Gasteiger partial charge in [0.25, 0.3) is 5.91 Å². The first-order valence-corrected chi connectivity index (χ1v) is 9.00. The lowest BCUT2D eigenvalue weighted by Gasteiger charge is -2.40. The summed E-state index contributed by atoms with van der Waals surface area (Å²) < 4.78 is -0.289. The van der Waals surface area contributed by atoms with E-state index >= 15 is 0 Å². The third kappa shape index (κ3) is 2.79. The highest BCUT2D eigenvalue weighted by Crippen LogP contribution is 2.38. The first-order chi connectivity index (χ1) is 12.6. The average Bonchev–Trinajstić information content (AvgIpc) is 2.85. The highest BCUT2D eigenvalue weighted by Gasteiger charge is 2.58. The van der Waals surface area contributed by atoms with E-state index in [1.54, 1.807) is 44.4 Å². The van der Waals surface area contributed by atoms with E-state index < -0.39 is 5.54 Å². The van der Waals surface area contributed by atoms with E-state index in [9.17, 15) is 14.4 Å². The average molecular weight is 365 g/mol. The van der Waals surface area contributed by atoms with Crippen LogP contribution in [0.2, 0.25) is 0 Å². The Bertz CT molecular complexity index is 925. The Balaban J connectivity index is 1.97. The molecule has 1 aliphatic heterocycles. The van der Waals surface area contributed by atoms with Crippen LogP contribution in [0.1, 0.15) is 56.0 Å². The fraction of sp³-hybridized carbons (Fsp3) is 0.318. The molecule has 0 saturated carbocycles. The number of quaternary nitrogens is 1. The van der Waals surface area contributed by atoms with Gasteiger partial charge in [0.15, 0.2) is 0 Å². The van der Waals surface area contributed by atoms with E-state index in [4.69, 9.17) is 0 Å². The molecule has 0 radical (unpaired) electrons. The molecule has 1 N–H and O–H groups in total. The number of likely N-dealkylation sites (N-methyl/N-ethyl adjacent to an activating group) is 1. The van der Waals surface area contributed by atoms with Crippen LogP contribution in [0, 0.1) is 6.92 Å². The van der Waals surface area contributed by atoms with Gasteiger partial charge >= 0.3 is 11.8 Å². The Morgan fingerprint density at radius 3 is 2.07 bits per heavy atom. The molecule has 2 aromatic rings. The molecule has 5 heteroatoms. The number of carbonyl (C=O) groups excluding carboxylic acids is 3. The van der Waals surface area contributed by atoms with E-state index in [2.05, 4.69) is 5.32 Å². The number of benzene rings is 2. The molecule has 2 aromatic carbocycles. The van der Waals surface area contributed by atoms with E-state index in [0.29, 0.717) is 23.1 Å². The highest BCUT2D eigenvalue weighted by molar-refractivity contribution is 6.14. The van der Waals surface area contributed by atoms with Crippen molar-refractivity contribution >= 4 is 17.7 Å². The molecule has 1 aliphatic rings. The topological polar surface area (TPSA) is 63.2 Å². The Kier molecular flexibility index (Phi) is 4.52. The molecule has 0 atom stereocenters. The molecule has 0 saturated heterocycles. The number of fused-ring (bicyclic) bond motifs is 1. The van der Waals surface area contributed by atoms with Crippen LogP contribution in [0.25, 0.3) is 0 Å². The van der Waals surface area contributed by atoms with Crippen molar-refractivity contribution < 1.29 is 18.9 Å². The lowest BCUT2D eigenvalue weighted by atomic mass is 9.88. The number of hydrogen-bond donors (Lipinski definition) is 1. The van der Waals surface area contributed by atoms with Gasteiger partial charge in [0.1, 0.15) is 5.54 Å². The van der Waals surface area contributed by atoms with E-state index in [1.165, 1.54) is 0 Å². The van der Waals surface area contributed by atoms with Crippen LogP contribution in [-0.2, 0) is 6.42 Å². The highest BCUT2D eigenvalue weighted by atomic mass is 16.2. The van der Waals surface area contributed by atoms with Crippen LogP contribution in [-0.4, -0.2) is 41.8 Å². The van der Waals surface area contributed by atoms with Crippen LogP contribution in [0.5, 0.6) is 0 Å². The minimum absolute atomic E-state index is 0.136. The lowest BCUT2D eigenvalue weighted by molar-refractivity contribution is -0.797. The molecule has 0 bridgehead atoms. The van der Waals surface area contributed by atoms with Crippen molar-refractivity contribution in [1.82, 2.24) is 5.32 Å². The predicted molar refractivity (Wildman–Crippen MR) is 104 cm³/mol. The SMILES string of the molecule is CNC(=O)c1ccc(CC(C)(C)[N+]2(C)C(=O)c3ccccc3C2=O)c(C)c1. The fourth-order valence-corrected chi connectivity index (χ4v) is 3.78. The summed E-state index contributed by atoms with van der Waals surface area (Å²) in [5.74, 6) is -0.469. The summed E-state index contributed by atoms with van der Waals surface area (Å²) >= 11 is 0. The van der Waals surface area contributed by atoms with Gasteiger partial charge in [0, 0.05) is 19.0 Å². The zero-order chi connectivity index (χ0) is 20.0. The second-order valence-corrected chi connectivity index (χ2v) is 7.87. The third-order valence-electron chi connectivity index (χ3n) is 5.87. The summed E-state index contributed by atoms with van der Waals surface area (Å²) in [7, 11) is 3.31. The molecule has 1 heterocycles. The van der Waals surface area contributed by atoms with Crippen LogP contribution >= 0.6 is 0 Å². The first kappa shape index (κ1) is 19.0. The molecule has 3 amide bonds. The predicted octanol–water partition coefficient (Wildman–Crippen LogP) is 3.12. The molecule has 140 valence electrons. The van der Waals surface area contributed by atoms with Crippen molar-refractivity contribution in [3.63, 3.8) is 0 Å². The zero-order valence-electron chi connectivity index (χ0n) is 16.4. The van der Waals surface area contributed by atoms with Gasteiger partial charge in [-0.05, 0) is 56.2 Å². The first-order valence-electron chi connectivity index (χ1n) is 9.00. The number of nitrogens with zero attached hydrogens (tertiary/aromatic N) is 1. The normalized spacial score (nSPS) is 15.6. The number of imide groups is 1. The number of rotatable bonds is 4. The van der Waals surface area contributed by atoms with Gasteiger partial charge in [-0.1, -0.05) is 18.2 Å². The van der Waals surface area contributed by atoms with Crippen molar-refractivity contribution in [2.45, 2.75) is 32.7 Å². The molecular weight excluding hydrogens is 340 g/mol. The largest absolute Gasteiger partial charge is 0.355 e. The van der Waals surface area contributed by atoms with Crippen LogP contribution in [0.3, 0.4) is 0 Å². The van der Waals surface area contributed by atoms with Crippen molar-refractivity contribution in [3.8, 4) is 0 Å². The van der Waals surface area contributed by atoms with Crippen molar-refractivity contribution in [2.75, 3.05) is 14.1 Å². The molecule has 0 fully saturated rings. The van der Waals surface area contributed by atoms with Gasteiger partial charge in [-0.2, -0.15) is 4.48 Å². The fourth-order valence-electron chi connectivity index (χ4n) is 3.78. The molecule has 27 heavy (non-hydrogen) atoms. The number of hydrogen-bond acceptors (Lipinski definition) is 3. The van der Waals surface area contributed by atoms with E-state index in [-0.39, 0.29) is 22.2 Å². The van der Waals surface area contributed by atoms with Crippen LogP contribution < -0.4 is 5.32 Å². The number of amides is 3. The summed E-state index contributed by atoms with van der Waals surface area (Å²) in [6, 6.07) is 12.5. The van der Waals surface area contributed by atoms with E-state index in [1.807, 2.05) is 32.9 Å². The van der Waals surface area contributed by atoms with Crippen molar-refractivity contribution in [3.05, 3.63) is 70.3 Å². The Labute approximate surface area is 159 Å². The van der Waals surface area contributed by atoms with Gasteiger partial charge in [0.05, 0.1) is 18.2 Å². The summed E-state index contributed by atoms with van der Waals surface area (Å²) in [5, 5.41) is 2.62. The molecule has 0 spiro atoms. The zero-order valence-corrected chi connectivity index (χ0v) is 16.4. The molecule has 0 aromatic heterocycles. The molecular formula is C22H25N2O3+. The maximum absolute atomic E-state index is 13.1. The van der Waals surface area contributed by atoms with Crippen molar-refractivity contribution in [1.29, 1.82) is 0 Å². The smallest absolute Gasteiger partial charge is 0.354 e. The Morgan fingerprint density at radius 1 is 1.04 bits per heavy atom. The number of carbonyl (C=O) groups is 3. The van der Waals surface area contributed by atoms with Gasteiger partial charge in [-0.25, -0.2) is 9.59 Å². The number of nitrogens with one attached hydrogen (secondary N) is 1. The standard InChI is InChI=1S/C22H24N2O3/c1-14-12-15(19(25)23-4)10-11-16(14)13-22(2,3)24(5)20(26)17-8-6-7-9-18(17)21(24)27/h6-12H,13H2,1-5H3/p+1. The quantitative estimate of drug-likeness (QED) is 0.669. The molecule has 3 rings (SSSR count). The maximum Gasteiger partial charge on any atom is 0.354 e. The molecule has 0 unspecified atom stereocenters. The monoisotopic (exact) mass is 365 g/mol. The van der Waals surface area contributed by atoms with Crippen molar-refractivity contribution in [2.24, 2.45) is 0 Å². The minimum atomic E-state index is -0.646. The summed E-state index contributed by atoms with van der Waals surface area (Å²) in [5.41, 5.74) is 2.91. The lowest BCUT2D eigenvalue weighted by Crippen LogP contribution is -2.63. The Hall–Kier alpha value is -2.79. The second kappa shape index (κ2) is 6.43. The van der Waals surface area contributed by atoms with Crippen LogP contribution in [0.4, 0.5) is 0 Å². The summed E-state index contributed by atoms with van der Waals surface area (Å²) in [6.07, 6.45) is 0.537. The maximum atomic E-state index is 13.1. The molecule has 5 nitrogen and oxygen atoms in total. The second-order valence-electron chi connectivity index (χ2n) is 7.87. The van der Waals surface area contributed by atoms with Gasteiger partial charge < -0.3 is 5.32 Å². The van der Waals surface area contributed by atoms with Crippen LogP contribution in [0.15, 0.2) is 42.5 Å². The third-order valence-corrected chi connectivity index (χ3v) is 5.87. The Morgan fingerprint density at radius 2 is 1.59 bits per heavy atom. The molecule has 0 aliphatic carbocycles.